The van der Waals surface area contributed by atoms with E-state index in [2.05, 4.69) is 32.9 Å². The molecular formula is C36H40O7. The summed E-state index contributed by atoms with van der Waals surface area (Å²) in [5.41, 5.74) is 7.21. The molecule has 0 amide bonds. The summed E-state index contributed by atoms with van der Waals surface area (Å²) in [6.07, 6.45) is -1.17. The number of rotatable bonds is 2. The van der Waals surface area contributed by atoms with Gasteiger partial charge in [0.2, 0.25) is 0 Å². The predicted molar refractivity (Wildman–Crippen MR) is 166 cm³/mol. The van der Waals surface area contributed by atoms with Gasteiger partial charge in [-0.3, -0.25) is 0 Å². The van der Waals surface area contributed by atoms with E-state index in [9.17, 15) is 20.4 Å². The molecule has 0 aliphatic carbocycles. The summed E-state index contributed by atoms with van der Waals surface area (Å²) in [6, 6.07) is 18.1. The highest BCUT2D eigenvalue weighted by Crippen LogP contribution is 2.60. The van der Waals surface area contributed by atoms with Gasteiger partial charge in [0.05, 0.1) is 6.10 Å². The van der Waals surface area contributed by atoms with Gasteiger partial charge in [0.15, 0.2) is 11.5 Å². The molecule has 0 saturated heterocycles. The van der Waals surface area contributed by atoms with Crippen molar-refractivity contribution in [3.8, 4) is 34.5 Å². The number of para-hydroxylation sites is 1. The van der Waals surface area contributed by atoms with Crippen LogP contribution in [0.15, 0.2) is 60.7 Å². The standard InChI is InChI=1S/C33H30O7.C2H6.CH4/c1-16-10-20(11-17(2)18(16)3)33-15-23(21-6-4-5-7-28(21)39-33)30-29(40-33)14-25(35)22-13-27(37)31(38-32(22)30)19-8-9-24(34)26(36)12-19;1-2;/h4-12,14,23,27,31,34-37H,13,15H2,1-3H3;1-2H3;1H4. The first-order valence-electron chi connectivity index (χ1n) is 14.5. The van der Waals surface area contributed by atoms with Gasteiger partial charge in [-0.2, -0.15) is 0 Å². The summed E-state index contributed by atoms with van der Waals surface area (Å²) in [5.74, 6) is -0.217. The molecule has 0 aromatic heterocycles. The lowest BCUT2D eigenvalue weighted by Gasteiger charge is -2.48. The average molecular weight is 585 g/mol. The van der Waals surface area contributed by atoms with Gasteiger partial charge >= 0.3 is 0 Å². The predicted octanol–water partition coefficient (Wildman–Crippen LogP) is 7.59. The lowest BCUT2D eigenvalue weighted by Crippen LogP contribution is -2.47. The van der Waals surface area contributed by atoms with Gasteiger partial charge in [-0.05, 0) is 73.4 Å². The number of aromatic hydroxyl groups is 3. The number of aliphatic hydroxyl groups excluding tert-OH is 1. The molecule has 4 unspecified atom stereocenters. The fraction of sp³-hybridized carbons (Fsp3) is 0.333. The Kier molecular flexibility index (Phi) is 7.73. The van der Waals surface area contributed by atoms with Crippen LogP contribution in [0.25, 0.3) is 0 Å². The highest BCUT2D eigenvalue weighted by atomic mass is 16.7. The Bertz CT molecular complexity index is 1670. The minimum absolute atomic E-state index is 0. The first kappa shape index (κ1) is 30.1. The Hall–Kier alpha value is -4.36. The van der Waals surface area contributed by atoms with Crippen LogP contribution in [0.1, 0.15) is 84.2 Å². The van der Waals surface area contributed by atoms with Crippen LogP contribution in [0.4, 0.5) is 0 Å². The van der Waals surface area contributed by atoms with Crippen LogP contribution in [0.2, 0.25) is 0 Å². The summed E-state index contributed by atoms with van der Waals surface area (Å²) < 4.78 is 19.9. The number of phenols is 3. The maximum atomic E-state index is 11.1. The zero-order valence-corrected chi connectivity index (χ0v) is 24.4. The fourth-order valence-corrected chi connectivity index (χ4v) is 6.40. The van der Waals surface area contributed by atoms with Crippen molar-refractivity contribution in [2.45, 2.75) is 78.8 Å². The van der Waals surface area contributed by atoms with Gasteiger partial charge in [0.25, 0.3) is 5.79 Å². The van der Waals surface area contributed by atoms with Gasteiger partial charge in [-0.25, -0.2) is 0 Å². The number of fused-ring (bicyclic) bond motifs is 8. The van der Waals surface area contributed by atoms with Gasteiger partial charge in [-0.1, -0.05) is 45.5 Å². The molecule has 43 heavy (non-hydrogen) atoms. The number of benzene rings is 4. The monoisotopic (exact) mass is 584 g/mol. The van der Waals surface area contributed by atoms with E-state index in [0.29, 0.717) is 29.0 Å². The normalized spacial score (nSPS) is 22.5. The van der Waals surface area contributed by atoms with E-state index in [1.165, 1.54) is 17.7 Å². The Morgan fingerprint density at radius 2 is 1.47 bits per heavy atom. The van der Waals surface area contributed by atoms with Crippen LogP contribution < -0.4 is 14.2 Å². The quantitative estimate of drug-likeness (QED) is 0.180. The molecule has 7 heteroatoms. The van der Waals surface area contributed by atoms with Gasteiger partial charge < -0.3 is 34.6 Å². The Labute approximate surface area is 252 Å². The molecule has 3 heterocycles. The van der Waals surface area contributed by atoms with Gasteiger partial charge in [-0.15, -0.1) is 0 Å². The van der Waals surface area contributed by atoms with Crippen LogP contribution in [0.3, 0.4) is 0 Å². The van der Waals surface area contributed by atoms with Gasteiger partial charge in [0.1, 0.15) is 29.1 Å². The van der Waals surface area contributed by atoms with Crippen LogP contribution in [-0.2, 0) is 12.2 Å². The number of ether oxygens (including phenoxy) is 3. The van der Waals surface area contributed by atoms with Crippen molar-refractivity contribution in [3.63, 3.8) is 0 Å². The molecule has 4 aromatic rings. The Morgan fingerprint density at radius 1 is 0.791 bits per heavy atom. The molecule has 2 bridgehead atoms. The maximum absolute atomic E-state index is 11.1. The van der Waals surface area contributed by atoms with Crippen molar-refractivity contribution in [3.05, 3.63) is 105 Å². The SMILES string of the molecule is C.CC.Cc1cc(C23CC(c4ccccc4O2)c2c(cc(O)c4c2OC(c2ccc(O)c(O)c2)C(O)C4)O3)cc(C)c1C. The third-order valence-corrected chi connectivity index (χ3v) is 8.73. The van der Waals surface area contributed by atoms with Crippen molar-refractivity contribution >= 4 is 0 Å². The molecule has 3 aliphatic heterocycles. The zero-order chi connectivity index (χ0) is 29.9. The molecule has 0 spiro atoms. The van der Waals surface area contributed by atoms with E-state index in [4.69, 9.17) is 14.2 Å². The molecule has 226 valence electrons. The lowest BCUT2D eigenvalue weighted by molar-refractivity contribution is -0.149. The number of hydrogen-bond acceptors (Lipinski definition) is 7. The Morgan fingerprint density at radius 3 is 2.16 bits per heavy atom. The smallest absolute Gasteiger partial charge is 0.278 e. The second kappa shape index (κ2) is 11.0. The van der Waals surface area contributed by atoms with E-state index >= 15 is 0 Å². The van der Waals surface area contributed by atoms with Crippen LogP contribution in [0, 0.1) is 20.8 Å². The second-order valence-electron chi connectivity index (χ2n) is 11.2. The highest BCUT2D eigenvalue weighted by Gasteiger charge is 2.52. The number of hydrogen-bond donors (Lipinski definition) is 4. The lowest BCUT2D eigenvalue weighted by atomic mass is 9.76. The number of aliphatic hydroxyl groups is 1. The molecule has 0 saturated carbocycles. The van der Waals surface area contributed by atoms with Crippen molar-refractivity contribution < 1.29 is 34.6 Å². The zero-order valence-electron chi connectivity index (χ0n) is 24.4. The molecule has 7 rings (SSSR count). The average Bonchev–Trinajstić information content (AvgIpc) is 2.98. The molecular weight excluding hydrogens is 544 g/mol. The highest BCUT2D eigenvalue weighted by molar-refractivity contribution is 5.65. The summed E-state index contributed by atoms with van der Waals surface area (Å²) in [6.45, 7) is 10.3. The molecule has 7 nitrogen and oxygen atoms in total. The maximum Gasteiger partial charge on any atom is 0.278 e. The van der Waals surface area contributed by atoms with Crippen molar-refractivity contribution in [2.24, 2.45) is 0 Å². The van der Waals surface area contributed by atoms with Crippen LogP contribution >= 0.6 is 0 Å². The number of aryl methyl sites for hydroxylation is 2. The van der Waals surface area contributed by atoms with E-state index < -0.39 is 18.0 Å². The second-order valence-corrected chi connectivity index (χ2v) is 11.2. The van der Waals surface area contributed by atoms with Crippen molar-refractivity contribution in [1.29, 1.82) is 0 Å². The summed E-state index contributed by atoms with van der Waals surface area (Å²) in [5, 5.41) is 42.1. The van der Waals surface area contributed by atoms with E-state index in [-0.39, 0.29) is 37.0 Å². The Balaban J connectivity index is 0.00000120. The molecule has 4 atom stereocenters. The molecule has 4 aromatic carbocycles. The van der Waals surface area contributed by atoms with Crippen LogP contribution in [-0.4, -0.2) is 26.5 Å². The summed E-state index contributed by atoms with van der Waals surface area (Å²) in [7, 11) is 0. The molecule has 3 aliphatic rings. The first-order valence-corrected chi connectivity index (χ1v) is 14.5. The summed E-state index contributed by atoms with van der Waals surface area (Å²) >= 11 is 0. The minimum Gasteiger partial charge on any atom is -0.507 e. The third kappa shape index (κ3) is 4.72. The van der Waals surface area contributed by atoms with E-state index in [1.54, 1.807) is 12.1 Å². The first-order chi connectivity index (χ1) is 20.1. The third-order valence-electron chi connectivity index (χ3n) is 8.73. The van der Waals surface area contributed by atoms with Crippen LogP contribution in [0.5, 0.6) is 34.5 Å². The number of phenolic OH excluding ortho intramolecular Hbond substituents is 3. The molecule has 0 fully saturated rings. The minimum atomic E-state index is -1.10. The molecule has 0 radical (unpaired) electrons. The summed E-state index contributed by atoms with van der Waals surface area (Å²) in [4.78, 5) is 0. The topological polar surface area (TPSA) is 109 Å². The van der Waals surface area contributed by atoms with Crippen molar-refractivity contribution in [1.82, 2.24) is 0 Å². The fourth-order valence-electron chi connectivity index (χ4n) is 6.40. The van der Waals surface area contributed by atoms with E-state index in [0.717, 1.165) is 33.6 Å². The van der Waals surface area contributed by atoms with E-state index in [1.807, 2.05) is 38.1 Å². The van der Waals surface area contributed by atoms with Gasteiger partial charge in [0, 0.05) is 47.1 Å². The molecule has 4 N–H and O–H groups in total. The largest absolute Gasteiger partial charge is 0.507 e. The van der Waals surface area contributed by atoms with Crippen molar-refractivity contribution in [2.75, 3.05) is 0 Å².